The minimum atomic E-state index is -0.744. The molecule has 0 saturated heterocycles. The zero-order chi connectivity index (χ0) is 13.1. The Bertz CT molecular complexity index is 410. The first-order chi connectivity index (χ1) is 8.56. The molecule has 4 nitrogen and oxygen atoms in total. The second kappa shape index (κ2) is 5.40. The van der Waals surface area contributed by atoms with E-state index in [0.29, 0.717) is 6.04 Å². The van der Waals surface area contributed by atoms with E-state index in [-0.39, 0.29) is 6.54 Å². The van der Waals surface area contributed by atoms with Crippen molar-refractivity contribution in [3.63, 3.8) is 0 Å². The van der Waals surface area contributed by atoms with Crippen molar-refractivity contribution in [2.45, 2.75) is 25.4 Å². The lowest BCUT2D eigenvalue weighted by atomic mass is 10.2. The molecule has 18 heavy (non-hydrogen) atoms. The van der Waals surface area contributed by atoms with Crippen LogP contribution in [0.2, 0.25) is 0 Å². The number of nitrogens with zero attached hydrogens (tertiary/aromatic N) is 2. The van der Waals surface area contributed by atoms with Crippen molar-refractivity contribution in [2.75, 3.05) is 25.5 Å². The van der Waals surface area contributed by atoms with E-state index in [1.54, 1.807) is 0 Å². The minimum Gasteiger partial charge on any atom is -0.480 e. The maximum Gasteiger partial charge on any atom is 0.317 e. The third-order valence-corrected chi connectivity index (χ3v) is 3.24. The Morgan fingerprint density at radius 2 is 1.89 bits per heavy atom. The molecule has 1 fully saturated rings. The zero-order valence-electron chi connectivity index (χ0n) is 11.0. The summed E-state index contributed by atoms with van der Waals surface area (Å²) >= 11 is 0. The van der Waals surface area contributed by atoms with Crippen molar-refractivity contribution in [2.24, 2.45) is 0 Å². The van der Waals surface area contributed by atoms with Gasteiger partial charge in [0.1, 0.15) is 0 Å². The van der Waals surface area contributed by atoms with Gasteiger partial charge in [0, 0.05) is 32.4 Å². The van der Waals surface area contributed by atoms with Crippen LogP contribution in [0.5, 0.6) is 0 Å². The number of anilines is 1. The topological polar surface area (TPSA) is 43.8 Å². The van der Waals surface area contributed by atoms with Gasteiger partial charge in [0.15, 0.2) is 0 Å². The first-order valence-corrected chi connectivity index (χ1v) is 6.28. The molecule has 1 aromatic rings. The molecule has 98 valence electrons. The average Bonchev–Trinajstić information content (AvgIpc) is 3.12. The molecule has 0 radical (unpaired) electrons. The highest BCUT2D eigenvalue weighted by Crippen LogP contribution is 2.28. The highest BCUT2D eigenvalue weighted by Gasteiger charge is 2.30. The summed E-state index contributed by atoms with van der Waals surface area (Å²) < 4.78 is 0. The fourth-order valence-electron chi connectivity index (χ4n) is 2.06. The van der Waals surface area contributed by atoms with Gasteiger partial charge in [0.2, 0.25) is 0 Å². The van der Waals surface area contributed by atoms with Crippen LogP contribution in [0, 0.1) is 0 Å². The van der Waals surface area contributed by atoms with Gasteiger partial charge in [-0.3, -0.25) is 9.69 Å². The highest BCUT2D eigenvalue weighted by molar-refractivity contribution is 5.69. The van der Waals surface area contributed by atoms with E-state index in [9.17, 15) is 4.79 Å². The predicted octanol–water partition coefficient (Wildman–Crippen LogP) is 1.80. The molecular formula is C14H20N2O2. The second-order valence-corrected chi connectivity index (χ2v) is 5.09. The first kappa shape index (κ1) is 12.9. The largest absolute Gasteiger partial charge is 0.480 e. The molecule has 1 aliphatic carbocycles. The summed E-state index contributed by atoms with van der Waals surface area (Å²) in [5, 5.41) is 8.91. The molecule has 2 rings (SSSR count). The van der Waals surface area contributed by atoms with Crippen molar-refractivity contribution in [3.8, 4) is 0 Å². The van der Waals surface area contributed by atoms with Crippen LogP contribution in [0.1, 0.15) is 18.4 Å². The molecule has 1 aliphatic rings. The number of carboxylic acids is 1. The van der Waals surface area contributed by atoms with Crippen molar-refractivity contribution < 1.29 is 9.90 Å². The molecular weight excluding hydrogens is 228 g/mol. The summed E-state index contributed by atoms with van der Waals surface area (Å²) in [7, 11) is 4.02. The Morgan fingerprint density at radius 1 is 1.28 bits per heavy atom. The summed E-state index contributed by atoms with van der Waals surface area (Å²) in [6.07, 6.45) is 2.26. The molecule has 0 unspecified atom stereocenters. The predicted molar refractivity (Wildman–Crippen MR) is 71.8 cm³/mol. The Balaban J connectivity index is 1.99. The summed E-state index contributed by atoms with van der Waals surface area (Å²) in [6.45, 7) is 0.866. The highest BCUT2D eigenvalue weighted by atomic mass is 16.4. The van der Waals surface area contributed by atoms with E-state index in [1.165, 1.54) is 5.56 Å². The van der Waals surface area contributed by atoms with Gasteiger partial charge in [-0.25, -0.2) is 0 Å². The number of hydrogen-bond donors (Lipinski definition) is 1. The Morgan fingerprint density at radius 3 is 2.33 bits per heavy atom. The molecule has 0 heterocycles. The fraction of sp³-hybridized carbons (Fsp3) is 0.500. The van der Waals surface area contributed by atoms with E-state index in [2.05, 4.69) is 29.2 Å². The van der Waals surface area contributed by atoms with Crippen LogP contribution in [0.15, 0.2) is 24.3 Å². The number of aliphatic carboxylic acids is 1. The van der Waals surface area contributed by atoms with Crippen LogP contribution in [-0.2, 0) is 11.3 Å². The lowest BCUT2D eigenvalue weighted by Crippen LogP contribution is -2.31. The quantitative estimate of drug-likeness (QED) is 0.833. The van der Waals surface area contributed by atoms with Gasteiger partial charge in [0.25, 0.3) is 0 Å². The Kier molecular flexibility index (Phi) is 3.87. The molecule has 1 saturated carbocycles. The van der Waals surface area contributed by atoms with Crippen LogP contribution in [0.25, 0.3) is 0 Å². The summed E-state index contributed by atoms with van der Waals surface area (Å²) in [5.41, 5.74) is 2.34. The molecule has 4 heteroatoms. The zero-order valence-corrected chi connectivity index (χ0v) is 11.0. The van der Waals surface area contributed by atoms with Gasteiger partial charge in [-0.2, -0.15) is 0 Å². The summed E-state index contributed by atoms with van der Waals surface area (Å²) in [4.78, 5) is 14.9. The molecule has 1 N–H and O–H groups in total. The smallest absolute Gasteiger partial charge is 0.317 e. The molecule has 0 bridgehead atoms. The third-order valence-electron chi connectivity index (χ3n) is 3.24. The van der Waals surface area contributed by atoms with Crippen LogP contribution in [0.4, 0.5) is 5.69 Å². The number of hydrogen-bond acceptors (Lipinski definition) is 3. The number of rotatable bonds is 6. The molecule has 1 aromatic carbocycles. The normalized spacial score (nSPS) is 14.8. The van der Waals surface area contributed by atoms with E-state index in [0.717, 1.165) is 25.1 Å². The number of carbonyl (C=O) groups is 1. The van der Waals surface area contributed by atoms with Gasteiger partial charge >= 0.3 is 5.97 Å². The second-order valence-electron chi connectivity index (χ2n) is 5.09. The minimum absolute atomic E-state index is 0.139. The lowest BCUT2D eigenvalue weighted by Gasteiger charge is -2.20. The molecule has 0 spiro atoms. The van der Waals surface area contributed by atoms with Gasteiger partial charge < -0.3 is 10.0 Å². The van der Waals surface area contributed by atoms with Gasteiger partial charge in [0.05, 0.1) is 6.54 Å². The monoisotopic (exact) mass is 248 g/mol. The summed E-state index contributed by atoms with van der Waals surface area (Å²) in [6, 6.07) is 8.76. The lowest BCUT2D eigenvalue weighted by molar-refractivity contribution is -0.138. The van der Waals surface area contributed by atoms with Crippen molar-refractivity contribution in [1.29, 1.82) is 0 Å². The molecule has 0 aliphatic heterocycles. The van der Waals surface area contributed by atoms with Crippen molar-refractivity contribution >= 4 is 11.7 Å². The maximum atomic E-state index is 10.8. The summed E-state index contributed by atoms with van der Waals surface area (Å²) in [5.74, 6) is -0.744. The maximum absolute atomic E-state index is 10.8. The van der Waals surface area contributed by atoms with Crippen molar-refractivity contribution in [3.05, 3.63) is 29.8 Å². The number of benzene rings is 1. The first-order valence-electron chi connectivity index (χ1n) is 6.28. The molecule has 0 amide bonds. The standard InChI is InChI=1S/C14H20N2O2/c1-15(2)12-5-3-11(4-6-12)9-16(10-14(17)18)13-7-8-13/h3-6,13H,7-10H2,1-2H3,(H,17,18). The van der Waals surface area contributed by atoms with E-state index < -0.39 is 5.97 Å². The average molecular weight is 248 g/mol. The fourth-order valence-corrected chi connectivity index (χ4v) is 2.06. The van der Waals surface area contributed by atoms with E-state index in [1.807, 2.05) is 19.0 Å². The Labute approximate surface area is 108 Å². The van der Waals surface area contributed by atoms with Crippen LogP contribution < -0.4 is 4.90 Å². The van der Waals surface area contributed by atoms with Crippen LogP contribution in [0.3, 0.4) is 0 Å². The molecule has 0 atom stereocenters. The van der Waals surface area contributed by atoms with Gasteiger partial charge in [-0.15, -0.1) is 0 Å². The van der Waals surface area contributed by atoms with Crippen LogP contribution in [-0.4, -0.2) is 42.7 Å². The van der Waals surface area contributed by atoms with Gasteiger partial charge in [-0.1, -0.05) is 12.1 Å². The third kappa shape index (κ3) is 3.47. The SMILES string of the molecule is CN(C)c1ccc(CN(CC(=O)O)C2CC2)cc1. The molecule has 0 aromatic heterocycles. The van der Waals surface area contributed by atoms with E-state index in [4.69, 9.17) is 5.11 Å². The van der Waals surface area contributed by atoms with Gasteiger partial charge in [-0.05, 0) is 30.5 Å². The number of carboxylic acid groups (broad SMARTS) is 1. The van der Waals surface area contributed by atoms with E-state index >= 15 is 0 Å². The van der Waals surface area contributed by atoms with Crippen molar-refractivity contribution in [1.82, 2.24) is 4.90 Å². The van der Waals surface area contributed by atoms with Crippen LogP contribution >= 0.6 is 0 Å². The Hall–Kier alpha value is -1.55.